The van der Waals surface area contributed by atoms with Gasteiger partial charge >= 0.3 is 0 Å². The molecule has 0 bridgehead atoms. The quantitative estimate of drug-likeness (QED) is 0.885. The summed E-state index contributed by atoms with van der Waals surface area (Å²) in [5.74, 6) is 0.708. The van der Waals surface area contributed by atoms with Crippen molar-refractivity contribution in [2.24, 2.45) is 5.92 Å². The molecule has 1 aromatic heterocycles. The number of nitrogens with zero attached hydrogens (tertiary/aromatic N) is 2. The van der Waals surface area contributed by atoms with Crippen molar-refractivity contribution in [1.29, 1.82) is 0 Å². The van der Waals surface area contributed by atoms with Gasteiger partial charge in [-0.1, -0.05) is 0 Å². The van der Waals surface area contributed by atoms with Gasteiger partial charge < -0.3 is 14.8 Å². The van der Waals surface area contributed by atoms with E-state index in [0.717, 1.165) is 29.3 Å². The first-order valence-electron chi connectivity index (χ1n) is 8.10. The van der Waals surface area contributed by atoms with Crippen LogP contribution in [0, 0.1) is 5.92 Å². The van der Waals surface area contributed by atoms with Crippen LogP contribution in [0.1, 0.15) is 48.6 Å². The fourth-order valence-electron chi connectivity index (χ4n) is 3.41. The van der Waals surface area contributed by atoms with Crippen molar-refractivity contribution >= 4 is 21.8 Å². The second-order valence-corrected chi connectivity index (χ2v) is 7.69. The minimum atomic E-state index is 0.0810. The number of carbonyl (C=O) groups is 1. The molecule has 5 heteroatoms. The molecular weight excluding hydrogens is 330 g/mol. The van der Waals surface area contributed by atoms with Crippen LogP contribution in [0.25, 0.3) is 0 Å². The molecule has 1 atom stereocenters. The van der Waals surface area contributed by atoms with E-state index in [2.05, 4.69) is 30.7 Å². The Morgan fingerprint density at radius 3 is 2.71 bits per heavy atom. The molecule has 2 heterocycles. The standard InChI is InChI=1S/C16H22BrN3O/c17-12-7-15(20(10-12)14-3-4-14)16(21)18-8-11-5-6-19(9-11)13-1-2-13/h7,10-11,13-14H,1-6,8-9H2,(H,18,21). The van der Waals surface area contributed by atoms with E-state index in [-0.39, 0.29) is 5.91 Å². The minimum Gasteiger partial charge on any atom is -0.350 e. The van der Waals surface area contributed by atoms with E-state index in [1.807, 2.05) is 12.3 Å². The van der Waals surface area contributed by atoms with E-state index in [1.54, 1.807) is 0 Å². The number of aromatic nitrogens is 1. The maximum absolute atomic E-state index is 12.4. The summed E-state index contributed by atoms with van der Waals surface area (Å²) in [6.07, 6.45) is 8.41. The van der Waals surface area contributed by atoms with Gasteiger partial charge in [0.25, 0.3) is 5.91 Å². The molecule has 2 aliphatic carbocycles. The number of amides is 1. The lowest BCUT2D eigenvalue weighted by molar-refractivity contribution is 0.0938. The van der Waals surface area contributed by atoms with Crippen molar-refractivity contribution in [2.45, 2.75) is 44.2 Å². The highest BCUT2D eigenvalue weighted by Crippen LogP contribution is 2.37. The van der Waals surface area contributed by atoms with Crippen LogP contribution in [0.5, 0.6) is 0 Å². The molecule has 0 spiro atoms. The zero-order valence-electron chi connectivity index (χ0n) is 12.2. The first kappa shape index (κ1) is 13.8. The second-order valence-electron chi connectivity index (χ2n) is 6.77. The Labute approximate surface area is 134 Å². The highest BCUT2D eigenvalue weighted by Gasteiger charge is 2.34. The van der Waals surface area contributed by atoms with E-state index in [9.17, 15) is 4.79 Å². The van der Waals surface area contributed by atoms with E-state index in [4.69, 9.17) is 0 Å². The van der Waals surface area contributed by atoms with E-state index in [0.29, 0.717) is 12.0 Å². The Morgan fingerprint density at radius 1 is 1.24 bits per heavy atom. The van der Waals surface area contributed by atoms with Gasteiger partial charge in [0, 0.05) is 35.8 Å². The molecule has 3 aliphatic rings. The third kappa shape index (κ3) is 3.04. The molecule has 1 N–H and O–H groups in total. The lowest BCUT2D eigenvalue weighted by Gasteiger charge is -2.15. The van der Waals surface area contributed by atoms with Gasteiger partial charge in [-0.15, -0.1) is 0 Å². The largest absolute Gasteiger partial charge is 0.350 e. The smallest absolute Gasteiger partial charge is 0.267 e. The monoisotopic (exact) mass is 351 g/mol. The molecule has 1 unspecified atom stereocenters. The Bertz CT molecular complexity index is 548. The lowest BCUT2D eigenvalue weighted by atomic mass is 10.1. The summed E-state index contributed by atoms with van der Waals surface area (Å²) in [4.78, 5) is 15.0. The second kappa shape index (κ2) is 5.43. The van der Waals surface area contributed by atoms with Gasteiger partial charge in [0.2, 0.25) is 0 Å². The first-order chi connectivity index (χ1) is 10.2. The molecule has 4 rings (SSSR count). The maximum Gasteiger partial charge on any atom is 0.267 e. The van der Waals surface area contributed by atoms with Crippen LogP contribution in [0.4, 0.5) is 0 Å². The zero-order valence-corrected chi connectivity index (χ0v) is 13.8. The van der Waals surface area contributed by atoms with Crippen LogP contribution in [-0.4, -0.2) is 41.1 Å². The number of rotatable bonds is 5. The minimum absolute atomic E-state index is 0.0810. The van der Waals surface area contributed by atoms with Gasteiger partial charge in [0.15, 0.2) is 0 Å². The molecular formula is C16H22BrN3O. The molecule has 21 heavy (non-hydrogen) atoms. The predicted molar refractivity (Wildman–Crippen MR) is 85.4 cm³/mol. The molecule has 1 amide bonds. The predicted octanol–water partition coefficient (Wildman–Crippen LogP) is 2.80. The number of hydrogen-bond acceptors (Lipinski definition) is 2. The van der Waals surface area contributed by atoms with Gasteiger partial charge in [0.1, 0.15) is 5.69 Å². The maximum atomic E-state index is 12.4. The average Bonchev–Trinajstić information content (AvgIpc) is 3.40. The molecule has 4 nitrogen and oxygen atoms in total. The van der Waals surface area contributed by atoms with Crippen LogP contribution in [0.2, 0.25) is 0 Å². The summed E-state index contributed by atoms with van der Waals surface area (Å²) in [5.41, 5.74) is 0.807. The van der Waals surface area contributed by atoms with Crippen molar-refractivity contribution < 1.29 is 4.79 Å². The molecule has 2 saturated carbocycles. The van der Waals surface area contributed by atoms with E-state index in [1.165, 1.54) is 38.6 Å². The zero-order chi connectivity index (χ0) is 14.4. The topological polar surface area (TPSA) is 37.3 Å². The molecule has 1 saturated heterocycles. The number of halogens is 1. The van der Waals surface area contributed by atoms with Crippen LogP contribution in [0.3, 0.4) is 0 Å². The Hall–Kier alpha value is -0.810. The van der Waals surface area contributed by atoms with Gasteiger partial charge in [-0.2, -0.15) is 0 Å². The summed E-state index contributed by atoms with van der Waals surface area (Å²) in [5, 5.41) is 3.15. The van der Waals surface area contributed by atoms with Gasteiger partial charge in [-0.3, -0.25) is 4.79 Å². The van der Waals surface area contributed by atoms with Crippen molar-refractivity contribution in [3.8, 4) is 0 Å². The number of nitrogens with one attached hydrogen (secondary N) is 1. The van der Waals surface area contributed by atoms with Crippen molar-refractivity contribution in [2.75, 3.05) is 19.6 Å². The van der Waals surface area contributed by atoms with Crippen LogP contribution < -0.4 is 5.32 Å². The third-order valence-electron chi connectivity index (χ3n) is 4.92. The fraction of sp³-hybridized carbons (Fsp3) is 0.688. The van der Waals surface area contributed by atoms with E-state index < -0.39 is 0 Å². The number of likely N-dealkylation sites (tertiary alicyclic amines) is 1. The normalized spacial score (nSPS) is 26.2. The third-order valence-corrected chi connectivity index (χ3v) is 5.35. The van der Waals surface area contributed by atoms with E-state index >= 15 is 0 Å². The summed E-state index contributed by atoms with van der Waals surface area (Å²) in [6, 6.07) is 3.33. The average molecular weight is 352 g/mol. The number of carbonyl (C=O) groups excluding carboxylic acids is 1. The van der Waals surface area contributed by atoms with Crippen LogP contribution in [-0.2, 0) is 0 Å². The summed E-state index contributed by atoms with van der Waals surface area (Å²) in [7, 11) is 0. The Balaban J connectivity index is 1.33. The van der Waals surface area contributed by atoms with Crippen molar-refractivity contribution in [3.05, 3.63) is 22.4 Å². The van der Waals surface area contributed by atoms with Gasteiger partial charge in [0.05, 0.1) is 0 Å². The van der Waals surface area contributed by atoms with Gasteiger partial charge in [-0.25, -0.2) is 0 Å². The molecule has 1 aromatic rings. The number of hydrogen-bond donors (Lipinski definition) is 1. The summed E-state index contributed by atoms with van der Waals surface area (Å²) >= 11 is 3.49. The summed E-state index contributed by atoms with van der Waals surface area (Å²) < 4.78 is 3.13. The van der Waals surface area contributed by atoms with Crippen LogP contribution in [0.15, 0.2) is 16.7 Å². The highest BCUT2D eigenvalue weighted by molar-refractivity contribution is 9.10. The van der Waals surface area contributed by atoms with Crippen molar-refractivity contribution in [1.82, 2.24) is 14.8 Å². The fourth-order valence-corrected chi connectivity index (χ4v) is 3.85. The molecule has 1 aliphatic heterocycles. The molecule has 3 fully saturated rings. The highest BCUT2D eigenvalue weighted by atomic mass is 79.9. The molecule has 114 valence electrons. The van der Waals surface area contributed by atoms with Gasteiger partial charge in [-0.05, 0) is 66.6 Å². The SMILES string of the molecule is O=C(NCC1CCN(C2CC2)C1)c1cc(Br)cn1C1CC1. The summed E-state index contributed by atoms with van der Waals surface area (Å²) in [6.45, 7) is 3.20. The van der Waals surface area contributed by atoms with Crippen molar-refractivity contribution in [3.63, 3.8) is 0 Å². The molecule has 0 aromatic carbocycles. The van der Waals surface area contributed by atoms with Crippen LogP contribution >= 0.6 is 15.9 Å². The Kier molecular flexibility index (Phi) is 3.58. The molecule has 0 radical (unpaired) electrons. The lowest BCUT2D eigenvalue weighted by Crippen LogP contribution is -2.32. The first-order valence-corrected chi connectivity index (χ1v) is 8.89. The Morgan fingerprint density at radius 2 is 2.00 bits per heavy atom.